The first-order valence-corrected chi connectivity index (χ1v) is 7.88. The summed E-state index contributed by atoms with van der Waals surface area (Å²) in [5, 5.41) is 7.28. The van der Waals surface area contributed by atoms with E-state index in [1.807, 2.05) is 12.3 Å². The second-order valence-corrected chi connectivity index (χ2v) is 5.02. The van der Waals surface area contributed by atoms with Gasteiger partial charge in [-0.05, 0) is 12.7 Å². The van der Waals surface area contributed by atoms with Crippen molar-refractivity contribution >= 4 is 23.4 Å². The van der Waals surface area contributed by atoms with E-state index in [9.17, 15) is 0 Å². The fourth-order valence-corrected chi connectivity index (χ4v) is 1.94. The van der Waals surface area contributed by atoms with Gasteiger partial charge in [-0.2, -0.15) is 0 Å². The van der Waals surface area contributed by atoms with Crippen LogP contribution >= 0.6 is 11.8 Å². The number of ether oxygens (including phenoxy) is 2. The van der Waals surface area contributed by atoms with Gasteiger partial charge in [0, 0.05) is 33.4 Å². The lowest BCUT2D eigenvalue weighted by atomic mass is 10.3. The van der Waals surface area contributed by atoms with Crippen molar-refractivity contribution in [2.24, 2.45) is 0 Å². The molecule has 0 aromatic carbocycles. The number of methoxy groups -OCH3 is 2. The summed E-state index contributed by atoms with van der Waals surface area (Å²) in [6, 6.07) is 1.91. The quantitative estimate of drug-likeness (QED) is 0.506. The third-order valence-electron chi connectivity index (χ3n) is 2.64. The van der Waals surface area contributed by atoms with Gasteiger partial charge in [-0.25, -0.2) is 9.97 Å². The Labute approximate surface area is 125 Å². The van der Waals surface area contributed by atoms with Crippen LogP contribution < -0.4 is 10.6 Å². The first-order chi connectivity index (χ1) is 9.73. The second kappa shape index (κ2) is 9.79. The van der Waals surface area contributed by atoms with Gasteiger partial charge in [0.2, 0.25) is 0 Å². The zero-order valence-corrected chi connectivity index (χ0v) is 13.4. The predicted octanol–water partition coefficient (Wildman–Crippen LogP) is 2.09. The minimum absolute atomic E-state index is 0.000235. The first-order valence-electron chi connectivity index (χ1n) is 6.66. The molecule has 0 aliphatic heterocycles. The summed E-state index contributed by atoms with van der Waals surface area (Å²) < 4.78 is 10.4. The van der Waals surface area contributed by atoms with E-state index in [1.165, 1.54) is 11.8 Å². The molecule has 0 saturated heterocycles. The van der Waals surface area contributed by atoms with Gasteiger partial charge in [0.05, 0.1) is 12.7 Å². The smallest absolute Gasteiger partial charge is 0.191 e. The molecule has 1 unspecified atom stereocenters. The summed E-state index contributed by atoms with van der Waals surface area (Å²) in [5.41, 5.74) is 0. The first kappa shape index (κ1) is 17.0. The monoisotopic (exact) mass is 300 g/mol. The molecule has 0 spiro atoms. The van der Waals surface area contributed by atoms with Crippen molar-refractivity contribution in [3.8, 4) is 0 Å². The number of hydrogen-bond acceptors (Lipinski definition) is 7. The van der Waals surface area contributed by atoms with E-state index in [0.29, 0.717) is 13.2 Å². The topological polar surface area (TPSA) is 68.3 Å². The van der Waals surface area contributed by atoms with Crippen molar-refractivity contribution in [1.82, 2.24) is 9.97 Å². The Kier molecular flexibility index (Phi) is 8.32. The molecule has 1 aromatic heterocycles. The molecule has 1 heterocycles. The predicted molar refractivity (Wildman–Crippen MR) is 83.8 cm³/mol. The Morgan fingerprint density at radius 3 is 2.50 bits per heavy atom. The van der Waals surface area contributed by atoms with E-state index in [2.05, 4.69) is 27.5 Å². The van der Waals surface area contributed by atoms with Crippen molar-refractivity contribution in [1.29, 1.82) is 0 Å². The van der Waals surface area contributed by atoms with Crippen molar-refractivity contribution in [2.75, 3.05) is 50.8 Å². The van der Waals surface area contributed by atoms with Crippen molar-refractivity contribution in [2.45, 2.75) is 24.6 Å². The van der Waals surface area contributed by atoms with E-state index < -0.39 is 0 Å². The number of anilines is 2. The van der Waals surface area contributed by atoms with Gasteiger partial charge in [0.1, 0.15) is 11.6 Å². The molecule has 0 amide bonds. The van der Waals surface area contributed by atoms with Crippen LogP contribution in [0.15, 0.2) is 11.2 Å². The largest absolute Gasteiger partial charge is 0.382 e. The highest BCUT2D eigenvalue weighted by atomic mass is 32.2. The molecule has 20 heavy (non-hydrogen) atoms. The van der Waals surface area contributed by atoms with Crippen LogP contribution in [0.25, 0.3) is 0 Å². The lowest BCUT2D eigenvalue weighted by Crippen LogP contribution is -2.27. The Bertz CT molecular complexity index is 393. The van der Waals surface area contributed by atoms with Gasteiger partial charge in [-0.15, -0.1) is 0 Å². The fraction of sp³-hybridized carbons (Fsp3) is 0.692. The van der Waals surface area contributed by atoms with Crippen molar-refractivity contribution in [3.63, 3.8) is 0 Å². The van der Waals surface area contributed by atoms with E-state index in [-0.39, 0.29) is 6.10 Å². The molecule has 1 aromatic rings. The third kappa shape index (κ3) is 5.94. The van der Waals surface area contributed by atoms with E-state index >= 15 is 0 Å². The van der Waals surface area contributed by atoms with E-state index in [4.69, 9.17) is 9.47 Å². The Hall–Kier alpha value is -1.05. The summed E-state index contributed by atoms with van der Waals surface area (Å²) in [5.74, 6) is 1.63. The molecule has 7 heteroatoms. The molecule has 0 aliphatic carbocycles. The van der Waals surface area contributed by atoms with Crippen LogP contribution in [0.1, 0.15) is 13.3 Å². The molecule has 114 valence electrons. The maximum atomic E-state index is 5.31. The number of hydrogen-bond donors (Lipinski definition) is 2. The fourth-order valence-electron chi connectivity index (χ4n) is 1.57. The zero-order valence-electron chi connectivity index (χ0n) is 12.6. The lowest BCUT2D eigenvalue weighted by molar-refractivity contribution is 0.0365. The van der Waals surface area contributed by atoms with Crippen molar-refractivity contribution < 1.29 is 9.47 Å². The zero-order chi connectivity index (χ0) is 14.8. The third-order valence-corrected chi connectivity index (χ3v) is 3.19. The van der Waals surface area contributed by atoms with Crippen LogP contribution in [0.5, 0.6) is 0 Å². The van der Waals surface area contributed by atoms with Crippen LogP contribution in [0.3, 0.4) is 0 Å². The molecule has 0 fully saturated rings. The number of thioether (sulfide) groups is 1. The molecule has 6 nitrogen and oxygen atoms in total. The molecule has 1 atom stereocenters. The minimum atomic E-state index is -0.000235. The summed E-state index contributed by atoms with van der Waals surface area (Å²) in [4.78, 5) is 8.85. The van der Waals surface area contributed by atoms with Gasteiger partial charge in [0.25, 0.3) is 0 Å². The standard InChI is InChI=1S/C13H24N4O2S/c1-5-6-14-11-7-12(17-13(16-11)20-4)15-8-10(19-3)9-18-2/h7,10H,5-6,8-9H2,1-4H3,(H2,14,15,16,17). The minimum Gasteiger partial charge on any atom is -0.382 e. The summed E-state index contributed by atoms with van der Waals surface area (Å²) in [6.07, 6.45) is 3.02. The summed E-state index contributed by atoms with van der Waals surface area (Å²) in [6.45, 7) is 4.21. The SMILES string of the molecule is CCCNc1cc(NCC(COC)OC)nc(SC)n1. The molecule has 1 rings (SSSR count). The van der Waals surface area contributed by atoms with Crippen LogP contribution in [-0.2, 0) is 9.47 Å². The number of rotatable bonds is 10. The lowest BCUT2D eigenvalue weighted by Gasteiger charge is -2.16. The number of nitrogens with zero attached hydrogens (tertiary/aromatic N) is 2. The highest BCUT2D eigenvalue weighted by Crippen LogP contribution is 2.17. The highest BCUT2D eigenvalue weighted by molar-refractivity contribution is 7.98. The maximum absolute atomic E-state index is 5.31. The number of nitrogens with one attached hydrogen (secondary N) is 2. The Morgan fingerprint density at radius 2 is 1.95 bits per heavy atom. The Balaban J connectivity index is 2.67. The van der Waals surface area contributed by atoms with Crippen LogP contribution in [0.2, 0.25) is 0 Å². The highest BCUT2D eigenvalue weighted by Gasteiger charge is 2.08. The summed E-state index contributed by atoms with van der Waals surface area (Å²) in [7, 11) is 3.34. The molecule has 2 N–H and O–H groups in total. The molecule has 0 bridgehead atoms. The van der Waals surface area contributed by atoms with Crippen LogP contribution in [-0.4, -0.2) is 56.2 Å². The van der Waals surface area contributed by atoms with E-state index in [0.717, 1.165) is 29.8 Å². The molecular formula is C13H24N4O2S. The van der Waals surface area contributed by atoms with Gasteiger partial charge >= 0.3 is 0 Å². The number of aromatic nitrogens is 2. The Morgan fingerprint density at radius 1 is 1.25 bits per heavy atom. The molecular weight excluding hydrogens is 276 g/mol. The maximum Gasteiger partial charge on any atom is 0.191 e. The van der Waals surface area contributed by atoms with Gasteiger partial charge in [0.15, 0.2) is 5.16 Å². The van der Waals surface area contributed by atoms with Crippen molar-refractivity contribution in [3.05, 3.63) is 6.07 Å². The average molecular weight is 300 g/mol. The second-order valence-electron chi connectivity index (χ2n) is 4.25. The van der Waals surface area contributed by atoms with E-state index in [1.54, 1.807) is 14.2 Å². The van der Waals surface area contributed by atoms with Gasteiger partial charge < -0.3 is 20.1 Å². The summed E-state index contributed by atoms with van der Waals surface area (Å²) >= 11 is 1.52. The molecule has 0 saturated carbocycles. The van der Waals surface area contributed by atoms with Crippen LogP contribution in [0.4, 0.5) is 11.6 Å². The average Bonchev–Trinajstić information content (AvgIpc) is 2.49. The normalized spacial score (nSPS) is 12.2. The molecule has 0 radical (unpaired) electrons. The van der Waals surface area contributed by atoms with Gasteiger partial charge in [-0.3, -0.25) is 0 Å². The molecule has 0 aliphatic rings. The van der Waals surface area contributed by atoms with Gasteiger partial charge in [-0.1, -0.05) is 18.7 Å². The van der Waals surface area contributed by atoms with Crippen LogP contribution in [0, 0.1) is 0 Å².